The van der Waals surface area contributed by atoms with E-state index in [1.165, 1.54) is 11.3 Å². The van der Waals surface area contributed by atoms with E-state index in [4.69, 9.17) is 10.9 Å². The topological polar surface area (TPSA) is 66.6 Å². The Morgan fingerprint density at radius 3 is 2.90 bits per heavy atom. The molecule has 0 unspecified atom stereocenters. The monoisotopic (exact) mass is 158 g/mol. The zero-order valence-corrected chi connectivity index (χ0v) is 5.84. The van der Waals surface area contributed by atoms with Crippen molar-refractivity contribution < 1.29 is 9.90 Å². The minimum Gasteiger partial charge on any atom is -0.464 e. The summed E-state index contributed by atoms with van der Waals surface area (Å²) in [7, 11) is 0. The van der Waals surface area contributed by atoms with Gasteiger partial charge in [-0.15, -0.1) is 0 Å². The number of thiophene rings is 1. The first-order chi connectivity index (χ1) is 4.72. The van der Waals surface area contributed by atoms with E-state index in [0.717, 1.165) is 0 Å². The first kappa shape index (κ1) is 7.04. The smallest absolute Gasteiger partial charge is 0.426 e. The number of anilines is 1. The summed E-state index contributed by atoms with van der Waals surface area (Å²) < 4.78 is 0. The molecule has 4 nitrogen and oxygen atoms in total. The summed E-state index contributed by atoms with van der Waals surface area (Å²) in [6.45, 7) is 0. The number of nitrogens with zero attached hydrogens (tertiary/aromatic N) is 1. The van der Waals surface area contributed by atoms with Gasteiger partial charge in [0, 0.05) is 5.38 Å². The number of nitrogens with two attached hydrogens (primary N) is 1. The zero-order chi connectivity index (χ0) is 7.56. The van der Waals surface area contributed by atoms with Crippen molar-refractivity contribution in [2.75, 3.05) is 5.01 Å². The van der Waals surface area contributed by atoms with Gasteiger partial charge < -0.3 is 5.11 Å². The van der Waals surface area contributed by atoms with Crippen molar-refractivity contribution in [1.82, 2.24) is 0 Å². The second-order valence-electron chi connectivity index (χ2n) is 1.63. The molecule has 0 radical (unpaired) electrons. The molecular formula is C5H6N2O2S. The fourth-order valence-electron chi connectivity index (χ4n) is 0.505. The molecule has 0 bridgehead atoms. The molecule has 1 heterocycles. The molecule has 0 spiro atoms. The lowest BCUT2D eigenvalue weighted by molar-refractivity contribution is 0.202. The third kappa shape index (κ3) is 1.26. The molecule has 1 aromatic heterocycles. The molecule has 0 aliphatic heterocycles. The van der Waals surface area contributed by atoms with E-state index in [2.05, 4.69) is 0 Å². The molecule has 0 fully saturated rings. The number of carbonyl (C=O) groups is 1. The number of rotatable bonds is 1. The predicted molar refractivity (Wildman–Crippen MR) is 39.0 cm³/mol. The SMILES string of the molecule is NN(C(=O)O)c1ccsc1. The van der Waals surface area contributed by atoms with E-state index >= 15 is 0 Å². The standard InChI is InChI=1S/C5H6N2O2S/c6-7(5(8)9)4-1-2-10-3-4/h1-3H,6H2,(H,8,9). The number of hydrazine groups is 1. The van der Waals surface area contributed by atoms with Crippen LogP contribution >= 0.6 is 11.3 Å². The lowest BCUT2D eigenvalue weighted by atomic mass is 10.5. The Bertz CT molecular complexity index is 222. The Balaban J connectivity index is 2.77. The highest BCUT2D eigenvalue weighted by molar-refractivity contribution is 7.08. The Morgan fingerprint density at radius 2 is 2.50 bits per heavy atom. The average Bonchev–Trinajstić information content (AvgIpc) is 2.36. The molecule has 54 valence electrons. The van der Waals surface area contributed by atoms with Crippen LogP contribution < -0.4 is 10.9 Å². The maximum absolute atomic E-state index is 10.2. The van der Waals surface area contributed by atoms with Crippen molar-refractivity contribution >= 4 is 23.1 Å². The summed E-state index contributed by atoms with van der Waals surface area (Å²) in [5.74, 6) is 5.12. The van der Waals surface area contributed by atoms with E-state index in [-0.39, 0.29) is 0 Å². The van der Waals surface area contributed by atoms with Crippen LogP contribution in [0.4, 0.5) is 10.5 Å². The predicted octanol–water partition coefficient (Wildman–Crippen LogP) is 1.11. The Labute approximate surface area is 61.5 Å². The van der Waals surface area contributed by atoms with Gasteiger partial charge >= 0.3 is 6.09 Å². The molecule has 1 aromatic rings. The van der Waals surface area contributed by atoms with Crippen molar-refractivity contribution in [1.29, 1.82) is 0 Å². The van der Waals surface area contributed by atoms with E-state index in [9.17, 15) is 4.79 Å². The van der Waals surface area contributed by atoms with Crippen LogP contribution in [0.1, 0.15) is 0 Å². The van der Waals surface area contributed by atoms with Crippen LogP contribution in [-0.2, 0) is 0 Å². The van der Waals surface area contributed by atoms with Gasteiger partial charge in [-0.05, 0) is 11.4 Å². The lowest BCUT2D eigenvalue weighted by Crippen LogP contribution is -2.35. The van der Waals surface area contributed by atoms with Crippen molar-refractivity contribution in [2.24, 2.45) is 5.84 Å². The van der Waals surface area contributed by atoms with Crippen LogP contribution in [0.3, 0.4) is 0 Å². The minimum atomic E-state index is -1.15. The molecule has 5 heteroatoms. The lowest BCUT2D eigenvalue weighted by Gasteiger charge is -2.08. The first-order valence-corrected chi connectivity index (χ1v) is 3.46. The number of hydrogen-bond acceptors (Lipinski definition) is 3. The Hall–Kier alpha value is -1.07. The molecule has 0 aliphatic rings. The average molecular weight is 158 g/mol. The summed E-state index contributed by atoms with van der Waals surface area (Å²) in [6.07, 6.45) is -1.15. The van der Waals surface area contributed by atoms with Gasteiger partial charge in [-0.25, -0.2) is 15.6 Å². The number of carboxylic acid groups (broad SMARTS) is 1. The second-order valence-corrected chi connectivity index (χ2v) is 2.41. The fraction of sp³-hybridized carbons (Fsp3) is 0. The van der Waals surface area contributed by atoms with Crippen LogP contribution in [-0.4, -0.2) is 11.2 Å². The fourth-order valence-corrected chi connectivity index (χ4v) is 1.13. The summed E-state index contributed by atoms with van der Waals surface area (Å²) >= 11 is 1.40. The second kappa shape index (κ2) is 2.68. The molecule has 3 N–H and O–H groups in total. The van der Waals surface area contributed by atoms with E-state index < -0.39 is 6.09 Å². The van der Waals surface area contributed by atoms with Crippen molar-refractivity contribution in [3.05, 3.63) is 16.8 Å². The van der Waals surface area contributed by atoms with Crippen LogP contribution in [0.15, 0.2) is 16.8 Å². The van der Waals surface area contributed by atoms with Crippen molar-refractivity contribution in [3.63, 3.8) is 0 Å². The van der Waals surface area contributed by atoms with Crippen LogP contribution in [0.25, 0.3) is 0 Å². The van der Waals surface area contributed by atoms with Gasteiger partial charge in [-0.1, -0.05) is 0 Å². The Morgan fingerprint density at radius 1 is 1.80 bits per heavy atom. The van der Waals surface area contributed by atoms with Gasteiger partial charge in [0.1, 0.15) is 0 Å². The van der Waals surface area contributed by atoms with Gasteiger partial charge in [-0.2, -0.15) is 11.3 Å². The molecule has 0 aromatic carbocycles. The third-order valence-corrected chi connectivity index (χ3v) is 1.66. The molecule has 0 saturated heterocycles. The van der Waals surface area contributed by atoms with E-state index in [1.54, 1.807) is 16.8 Å². The summed E-state index contributed by atoms with van der Waals surface area (Å²) in [5.41, 5.74) is 0.498. The molecule has 10 heavy (non-hydrogen) atoms. The highest BCUT2D eigenvalue weighted by Gasteiger charge is 2.07. The number of hydrogen-bond donors (Lipinski definition) is 2. The molecule has 0 saturated carbocycles. The van der Waals surface area contributed by atoms with E-state index in [1.807, 2.05) is 0 Å². The van der Waals surface area contributed by atoms with Crippen LogP contribution in [0.5, 0.6) is 0 Å². The highest BCUT2D eigenvalue weighted by Crippen LogP contribution is 2.14. The van der Waals surface area contributed by atoms with Crippen molar-refractivity contribution in [2.45, 2.75) is 0 Å². The molecule has 0 atom stereocenters. The third-order valence-electron chi connectivity index (χ3n) is 0.990. The summed E-state index contributed by atoms with van der Waals surface area (Å²) in [5, 5.41) is 12.5. The van der Waals surface area contributed by atoms with E-state index in [0.29, 0.717) is 10.7 Å². The zero-order valence-electron chi connectivity index (χ0n) is 5.02. The molecule has 1 amide bonds. The normalized spacial score (nSPS) is 9.30. The Kier molecular flexibility index (Phi) is 1.88. The van der Waals surface area contributed by atoms with Gasteiger partial charge in [-0.3, -0.25) is 0 Å². The summed E-state index contributed by atoms with van der Waals surface area (Å²) in [6, 6.07) is 1.64. The van der Waals surface area contributed by atoms with Gasteiger partial charge in [0.05, 0.1) is 5.69 Å². The quantitative estimate of drug-likeness (QED) is 0.365. The highest BCUT2D eigenvalue weighted by atomic mass is 32.1. The van der Waals surface area contributed by atoms with Crippen LogP contribution in [0.2, 0.25) is 0 Å². The van der Waals surface area contributed by atoms with Gasteiger partial charge in [0.15, 0.2) is 0 Å². The number of amides is 1. The summed E-state index contributed by atoms with van der Waals surface area (Å²) in [4.78, 5) is 10.2. The maximum atomic E-state index is 10.2. The minimum absolute atomic E-state index is 0.498. The largest absolute Gasteiger partial charge is 0.464 e. The molecule has 1 rings (SSSR count). The first-order valence-electron chi connectivity index (χ1n) is 2.52. The van der Waals surface area contributed by atoms with Crippen molar-refractivity contribution in [3.8, 4) is 0 Å². The molecular weight excluding hydrogens is 152 g/mol. The molecule has 0 aliphatic carbocycles. The van der Waals surface area contributed by atoms with Gasteiger partial charge in [0.25, 0.3) is 0 Å². The van der Waals surface area contributed by atoms with Gasteiger partial charge in [0.2, 0.25) is 0 Å². The maximum Gasteiger partial charge on any atom is 0.426 e. The van der Waals surface area contributed by atoms with Crippen LogP contribution in [0, 0.1) is 0 Å².